The van der Waals surface area contributed by atoms with Crippen LogP contribution >= 0.6 is 45.9 Å². The number of carbonyl (C=O) groups excluding carboxylic acids is 1. The van der Waals surface area contributed by atoms with Crippen LogP contribution in [-0.2, 0) is 10.0 Å². The van der Waals surface area contributed by atoms with E-state index in [0.29, 0.717) is 26.3 Å². The Morgan fingerprint density at radius 2 is 1.68 bits per heavy atom. The highest BCUT2D eigenvalue weighted by atomic mass is 35.5. The van der Waals surface area contributed by atoms with Crippen molar-refractivity contribution in [3.8, 4) is 0 Å². The standard InChI is InChI=1S/C22H22Cl2N4O3S3/c23-15-4-3-14-11-18(33-17(14)12-15)34(30,31)28-9-7-27(8-10-28)22(29)20-19(24)16(13-32-20)21(25)26-5-1-2-6-26/h3-4,11-13,25H,1-2,5-10H2. The third-order valence-electron chi connectivity index (χ3n) is 6.18. The smallest absolute Gasteiger partial charge is 0.265 e. The van der Waals surface area contributed by atoms with E-state index in [1.165, 1.54) is 27.0 Å². The Bertz CT molecular complexity index is 1370. The van der Waals surface area contributed by atoms with Gasteiger partial charge >= 0.3 is 0 Å². The zero-order valence-electron chi connectivity index (χ0n) is 18.1. The first-order valence-corrected chi connectivity index (χ1v) is 14.7. The van der Waals surface area contributed by atoms with E-state index in [0.717, 1.165) is 36.0 Å². The van der Waals surface area contributed by atoms with Crippen LogP contribution in [0, 0.1) is 5.41 Å². The summed E-state index contributed by atoms with van der Waals surface area (Å²) in [4.78, 5) is 17.2. The molecule has 12 heteroatoms. The van der Waals surface area contributed by atoms with Crippen LogP contribution in [0.1, 0.15) is 28.1 Å². The second-order valence-corrected chi connectivity index (χ2v) is 13.2. The van der Waals surface area contributed by atoms with E-state index < -0.39 is 10.0 Å². The van der Waals surface area contributed by atoms with Crippen molar-refractivity contribution in [2.75, 3.05) is 39.3 Å². The van der Waals surface area contributed by atoms with E-state index in [-0.39, 0.29) is 36.3 Å². The highest BCUT2D eigenvalue weighted by Gasteiger charge is 2.33. The number of nitrogens with zero attached hydrogens (tertiary/aromatic N) is 3. The fraction of sp³-hybridized carbons (Fsp3) is 0.364. The first-order chi connectivity index (χ1) is 16.3. The second-order valence-electron chi connectivity index (χ2n) is 8.28. The molecule has 2 aliphatic heterocycles. The third-order valence-corrected chi connectivity index (χ3v) is 11.3. The Hall–Kier alpha value is -1.69. The van der Waals surface area contributed by atoms with Crippen LogP contribution < -0.4 is 0 Å². The molecule has 2 fully saturated rings. The number of nitrogens with one attached hydrogen (secondary N) is 1. The van der Waals surface area contributed by atoms with Gasteiger partial charge in [0.1, 0.15) is 14.9 Å². The van der Waals surface area contributed by atoms with Crippen molar-refractivity contribution in [2.45, 2.75) is 17.1 Å². The molecule has 0 bridgehead atoms. The molecule has 4 heterocycles. The van der Waals surface area contributed by atoms with Crippen molar-refractivity contribution in [3.63, 3.8) is 0 Å². The molecule has 2 aromatic heterocycles. The van der Waals surface area contributed by atoms with Gasteiger partial charge in [0.2, 0.25) is 0 Å². The molecular formula is C22H22Cl2N4O3S3. The number of amides is 1. The second kappa shape index (κ2) is 9.40. The summed E-state index contributed by atoms with van der Waals surface area (Å²) in [5.41, 5.74) is 0.586. The minimum absolute atomic E-state index is 0.211. The molecule has 2 aliphatic rings. The van der Waals surface area contributed by atoms with Gasteiger partial charge in [0.25, 0.3) is 15.9 Å². The van der Waals surface area contributed by atoms with Crippen molar-refractivity contribution in [1.82, 2.24) is 14.1 Å². The SMILES string of the molecule is N=C(c1csc(C(=O)N2CCN(S(=O)(=O)c3cc4ccc(Cl)cc4s3)CC2)c1Cl)N1CCCC1. The van der Waals surface area contributed by atoms with E-state index >= 15 is 0 Å². The molecule has 0 atom stereocenters. The lowest BCUT2D eigenvalue weighted by molar-refractivity contribution is 0.0703. The summed E-state index contributed by atoms with van der Waals surface area (Å²) in [5.74, 6) is 0.141. The molecule has 0 aliphatic carbocycles. The van der Waals surface area contributed by atoms with Crippen LogP contribution in [0.4, 0.5) is 0 Å². The summed E-state index contributed by atoms with van der Waals surface area (Å²) in [6, 6.07) is 6.99. The fourth-order valence-corrected chi connectivity index (χ4v) is 8.85. The van der Waals surface area contributed by atoms with Crippen LogP contribution in [0.25, 0.3) is 10.1 Å². The lowest BCUT2D eigenvalue weighted by Crippen LogP contribution is -2.50. The summed E-state index contributed by atoms with van der Waals surface area (Å²) in [5, 5.41) is 11.9. The van der Waals surface area contributed by atoms with Crippen molar-refractivity contribution in [1.29, 1.82) is 5.41 Å². The lowest BCUT2D eigenvalue weighted by Gasteiger charge is -2.33. The zero-order chi connectivity index (χ0) is 24.0. The summed E-state index contributed by atoms with van der Waals surface area (Å²) < 4.78 is 28.9. The molecule has 2 saturated heterocycles. The molecule has 1 N–H and O–H groups in total. The van der Waals surface area contributed by atoms with E-state index in [1.54, 1.807) is 28.5 Å². The molecule has 7 nitrogen and oxygen atoms in total. The minimum atomic E-state index is -3.66. The average Bonchev–Trinajstić information content (AvgIpc) is 3.58. The molecule has 0 unspecified atom stereocenters. The van der Waals surface area contributed by atoms with Gasteiger partial charge in [-0.05, 0) is 36.4 Å². The Labute approximate surface area is 216 Å². The quantitative estimate of drug-likeness (QED) is 0.368. The first kappa shape index (κ1) is 24.0. The molecule has 1 amide bonds. The third kappa shape index (κ3) is 4.36. The van der Waals surface area contributed by atoms with Gasteiger partial charge in [-0.2, -0.15) is 4.31 Å². The summed E-state index contributed by atoms with van der Waals surface area (Å²) in [7, 11) is -3.66. The highest BCUT2D eigenvalue weighted by Crippen LogP contribution is 2.34. The van der Waals surface area contributed by atoms with Crippen molar-refractivity contribution in [3.05, 3.63) is 50.1 Å². The number of amidine groups is 1. The maximum atomic E-state index is 13.2. The van der Waals surface area contributed by atoms with Crippen LogP contribution in [0.3, 0.4) is 0 Å². The molecule has 3 aromatic rings. The molecule has 0 saturated carbocycles. The fourth-order valence-electron chi connectivity index (χ4n) is 4.27. The molecule has 1 aromatic carbocycles. The minimum Gasteiger partial charge on any atom is -0.357 e. The van der Waals surface area contributed by atoms with E-state index in [4.69, 9.17) is 28.6 Å². The lowest BCUT2D eigenvalue weighted by atomic mass is 10.2. The average molecular weight is 558 g/mol. The predicted molar refractivity (Wildman–Crippen MR) is 138 cm³/mol. The molecule has 5 rings (SSSR count). The predicted octanol–water partition coefficient (Wildman–Crippen LogP) is 4.84. The van der Waals surface area contributed by atoms with Crippen molar-refractivity contribution >= 4 is 77.7 Å². The van der Waals surface area contributed by atoms with Crippen LogP contribution in [-0.4, -0.2) is 73.5 Å². The Morgan fingerprint density at radius 3 is 2.38 bits per heavy atom. The van der Waals surface area contributed by atoms with Crippen molar-refractivity contribution < 1.29 is 13.2 Å². The maximum Gasteiger partial charge on any atom is 0.265 e. The molecule has 180 valence electrons. The van der Waals surface area contributed by atoms with Gasteiger partial charge in [0.05, 0.1) is 5.02 Å². The number of thiophene rings is 2. The number of hydrogen-bond acceptors (Lipinski definition) is 6. The van der Waals surface area contributed by atoms with Gasteiger partial charge in [-0.3, -0.25) is 10.2 Å². The first-order valence-electron chi connectivity index (χ1n) is 10.8. The topological polar surface area (TPSA) is 84.8 Å². The monoisotopic (exact) mass is 556 g/mol. The maximum absolute atomic E-state index is 13.2. The highest BCUT2D eigenvalue weighted by molar-refractivity contribution is 7.91. The molecule has 0 radical (unpaired) electrons. The Kier molecular flexibility index (Phi) is 6.64. The van der Waals surface area contributed by atoms with Gasteiger partial charge in [-0.1, -0.05) is 29.3 Å². The number of benzene rings is 1. The summed E-state index contributed by atoms with van der Waals surface area (Å²) in [6.07, 6.45) is 2.11. The number of carbonyl (C=O) groups is 1. The van der Waals surface area contributed by atoms with E-state index in [2.05, 4.69) is 0 Å². The molecular weight excluding hydrogens is 535 g/mol. The summed E-state index contributed by atoms with van der Waals surface area (Å²) >= 11 is 15.0. The van der Waals surface area contributed by atoms with Crippen LogP contribution in [0.5, 0.6) is 0 Å². The molecule has 34 heavy (non-hydrogen) atoms. The Balaban J connectivity index is 1.27. The number of halogens is 2. The van der Waals surface area contributed by atoms with Gasteiger partial charge in [0.15, 0.2) is 0 Å². The van der Waals surface area contributed by atoms with Gasteiger partial charge < -0.3 is 9.80 Å². The number of rotatable bonds is 4. The summed E-state index contributed by atoms with van der Waals surface area (Å²) in [6.45, 7) is 2.64. The zero-order valence-corrected chi connectivity index (χ0v) is 22.1. The van der Waals surface area contributed by atoms with Crippen molar-refractivity contribution in [2.24, 2.45) is 0 Å². The molecule has 0 spiro atoms. The van der Waals surface area contributed by atoms with E-state index in [1.807, 2.05) is 11.0 Å². The number of likely N-dealkylation sites (tertiary alicyclic amines) is 1. The van der Waals surface area contributed by atoms with Gasteiger partial charge in [0, 0.05) is 59.9 Å². The van der Waals surface area contributed by atoms with Gasteiger partial charge in [-0.15, -0.1) is 22.7 Å². The number of sulfonamides is 1. The van der Waals surface area contributed by atoms with Crippen LogP contribution in [0.2, 0.25) is 10.0 Å². The van der Waals surface area contributed by atoms with Crippen LogP contribution in [0.15, 0.2) is 33.9 Å². The number of hydrogen-bond donors (Lipinski definition) is 1. The Morgan fingerprint density at radius 1 is 0.971 bits per heavy atom. The number of piperazine rings is 1. The van der Waals surface area contributed by atoms with Gasteiger partial charge in [-0.25, -0.2) is 8.42 Å². The van der Waals surface area contributed by atoms with E-state index in [9.17, 15) is 13.2 Å². The normalized spacial score (nSPS) is 17.6. The largest absolute Gasteiger partial charge is 0.357 e. The number of fused-ring (bicyclic) bond motifs is 1.